The largest absolute Gasteiger partial charge is 0.367 e. The Labute approximate surface area is 140 Å². The number of para-hydroxylation sites is 2. The van der Waals surface area contributed by atoms with Crippen LogP contribution < -0.4 is 10.6 Å². The number of benzene rings is 2. The first-order chi connectivity index (χ1) is 11.7. The topological polar surface area (TPSA) is 65.4 Å². The van der Waals surface area contributed by atoms with Gasteiger partial charge in [0.25, 0.3) is 0 Å². The highest BCUT2D eigenvalue weighted by molar-refractivity contribution is 5.84. The Balaban J connectivity index is 1.72. The monoisotopic (exact) mass is 320 g/mol. The van der Waals surface area contributed by atoms with Crippen LogP contribution in [0.2, 0.25) is 0 Å². The van der Waals surface area contributed by atoms with Crippen molar-refractivity contribution >= 4 is 22.6 Å². The third-order valence-corrected chi connectivity index (χ3v) is 4.77. The van der Waals surface area contributed by atoms with Crippen molar-refractivity contribution in [3.05, 3.63) is 66.4 Å². The van der Waals surface area contributed by atoms with E-state index in [1.165, 1.54) is 5.69 Å². The van der Waals surface area contributed by atoms with Crippen LogP contribution in [-0.2, 0) is 0 Å². The molecule has 1 aliphatic rings. The molecule has 1 aromatic heterocycles. The first kappa shape index (κ1) is 14.6. The zero-order chi connectivity index (χ0) is 16.5. The van der Waals surface area contributed by atoms with Gasteiger partial charge >= 0.3 is 6.03 Å². The van der Waals surface area contributed by atoms with Gasteiger partial charge in [0.05, 0.1) is 6.04 Å². The molecular formula is C19H20N4O. The number of aromatic nitrogens is 1. The van der Waals surface area contributed by atoms with Gasteiger partial charge in [0, 0.05) is 48.0 Å². The van der Waals surface area contributed by atoms with Crippen LogP contribution in [0.5, 0.6) is 0 Å². The SMILES string of the molecule is NC(=O)N1CCN(c2ccccc2)CC1c1c[nH]c2ccccc12. The van der Waals surface area contributed by atoms with Crippen LogP contribution in [0, 0.1) is 0 Å². The Morgan fingerprint density at radius 2 is 1.79 bits per heavy atom. The highest BCUT2D eigenvalue weighted by Gasteiger charge is 2.32. The molecule has 2 heterocycles. The summed E-state index contributed by atoms with van der Waals surface area (Å²) in [5.41, 5.74) is 9.02. The number of urea groups is 1. The minimum absolute atomic E-state index is 0.0624. The maximum absolute atomic E-state index is 12.0. The molecule has 0 saturated carbocycles. The molecule has 1 fully saturated rings. The van der Waals surface area contributed by atoms with Crippen molar-refractivity contribution in [2.75, 3.05) is 24.5 Å². The lowest BCUT2D eigenvalue weighted by Crippen LogP contribution is -2.52. The second kappa shape index (κ2) is 5.92. The summed E-state index contributed by atoms with van der Waals surface area (Å²) in [4.78, 5) is 19.3. The number of nitrogens with one attached hydrogen (secondary N) is 1. The normalized spacial score (nSPS) is 18.1. The number of H-pyrrole nitrogens is 1. The molecule has 5 heteroatoms. The van der Waals surface area contributed by atoms with Crippen molar-refractivity contribution in [2.45, 2.75) is 6.04 Å². The number of nitrogens with two attached hydrogens (primary N) is 1. The van der Waals surface area contributed by atoms with E-state index in [2.05, 4.69) is 28.1 Å². The summed E-state index contributed by atoms with van der Waals surface area (Å²) in [5, 5.41) is 1.14. The summed E-state index contributed by atoms with van der Waals surface area (Å²) in [6.07, 6.45) is 2.00. The number of anilines is 1. The number of hydrogen-bond acceptors (Lipinski definition) is 2. The van der Waals surface area contributed by atoms with Crippen molar-refractivity contribution in [1.29, 1.82) is 0 Å². The molecule has 3 aromatic rings. The summed E-state index contributed by atoms with van der Waals surface area (Å²) < 4.78 is 0. The molecule has 1 atom stereocenters. The molecule has 0 aliphatic carbocycles. The van der Waals surface area contributed by atoms with E-state index in [0.29, 0.717) is 6.54 Å². The summed E-state index contributed by atoms with van der Waals surface area (Å²) in [7, 11) is 0. The van der Waals surface area contributed by atoms with Crippen molar-refractivity contribution in [3.8, 4) is 0 Å². The predicted molar refractivity (Wildman–Crippen MR) is 96.0 cm³/mol. The van der Waals surface area contributed by atoms with Crippen LogP contribution in [0.1, 0.15) is 11.6 Å². The van der Waals surface area contributed by atoms with Crippen LogP contribution in [-0.4, -0.2) is 35.5 Å². The number of rotatable bonds is 2. The number of aromatic amines is 1. The Hall–Kier alpha value is -2.95. The van der Waals surface area contributed by atoms with Crippen molar-refractivity contribution in [2.24, 2.45) is 5.73 Å². The lowest BCUT2D eigenvalue weighted by atomic mass is 10.0. The molecule has 1 unspecified atom stereocenters. The molecule has 24 heavy (non-hydrogen) atoms. The fourth-order valence-corrected chi connectivity index (χ4v) is 3.56. The number of piperazine rings is 1. The first-order valence-electron chi connectivity index (χ1n) is 8.16. The minimum atomic E-state index is -0.363. The highest BCUT2D eigenvalue weighted by atomic mass is 16.2. The summed E-state index contributed by atoms with van der Waals surface area (Å²) in [6.45, 7) is 2.13. The molecule has 2 aromatic carbocycles. The van der Waals surface area contributed by atoms with Gasteiger partial charge in [0.15, 0.2) is 0 Å². The van der Waals surface area contributed by atoms with E-state index in [1.54, 1.807) is 4.90 Å². The molecule has 1 saturated heterocycles. The van der Waals surface area contributed by atoms with Crippen LogP contribution in [0.4, 0.5) is 10.5 Å². The van der Waals surface area contributed by atoms with Gasteiger partial charge in [-0.1, -0.05) is 36.4 Å². The van der Waals surface area contributed by atoms with Gasteiger partial charge in [-0.05, 0) is 18.2 Å². The predicted octanol–water partition coefficient (Wildman–Crippen LogP) is 3.11. The van der Waals surface area contributed by atoms with E-state index in [-0.39, 0.29) is 12.1 Å². The third kappa shape index (κ3) is 2.48. The second-order valence-electron chi connectivity index (χ2n) is 6.12. The van der Waals surface area contributed by atoms with Gasteiger partial charge < -0.3 is 20.5 Å². The molecule has 0 bridgehead atoms. The van der Waals surface area contributed by atoms with E-state index < -0.39 is 0 Å². The van der Waals surface area contributed by atoms with Crippen molar-refractivity contribution in [3.63, 3.8) is 0 Å². The van der Waals surface area contributed by atoms with E-state index in [4.69, 9.17) is 5.73 Å². The maximum Gasteiger partial charge on any atom is 0.315 e. The lowest BCUT2D eigenvalue weighted by molar-refractivity contribution is 0.176. The van der Waals surface area contributed by atoms with Crippen molar-refractivity contribution < 1.29 is 4.79 Å². The van der Waals surface area contributed by atoms with Gasteiger partial charge in [-0.2, -0.15) is 0 Å². The zero-order valence-electron chi connectivity index (χ0n) is 13.4. The highest BCUT2D eigenvalue weighted by Crippen LogP contribution is 2.32. The van der Waals surface area contributed by atoms with Crippen molar-refractivity contribution in [1.82, 2.24) is 9.88 Å². The Morgan fingerprint density at radius 1 is 1.04 bits per heavy atom. The maximum atomic E-state index is 12.0. The fourth-order valence-electron chi connectivity index (χ4n) is 3.56. The molecule has 3 N–H and O–H groups in total. The summed E-state index contributed by atoms with van der Waals surface area (Å²) in [6, 6.07) is 18.0. The minimum Gasteiger partial charge on any atom is -0.367 e. The summed E-state index contributed by atoms with van der Waals surface area (Å²) in [5.74, 6) is 0. The molecule has 5 nitrogen and oxygen atoms in total. The average molecular weight is 320 g/mol. The summed E-state index contributed by atoms with van der Waals surface area (Å²) >= 11 is 0. The number of carbonyl (C=O) groups excluding carboxylic acids is 1. The first-order valence-corrected chi connectivity index (χ1v) is 8.16. The number of fused-ring (bicyclic) bond motifs is 1. The number of hydrogen-bond donors (Lipinski definition) is 2. The van der Waals surface area contributed by atoms with Crippen LogP contribution in [0.25, 0.3) is 10.9 Å². The molecular weight excluding hydrogens is 300 g/mol. The Kier molecular flexibility index (Phi) is 3.61. The molecule has 1 aliphatic heterocycles. The molecule has 2 amide bonds. The third-order valence-electron chi connectivity index (χ3n) is 4.77. The molecule has 0 radical (unpaired) electrons. The zero-order valence-corrected chi connectivity index (χ0v) is 13.4. The number of primary amides is 1. The molecule has 0 spiro atoms. The smallest absolute Gasteiger partial charge is 0.315 e. The van der Waals surface area contributed by atoms with Crippen LogP contribution in [0.15, 0.2) is 60.8 Å². The van der Waals surface area contributed by atoms with E-state index >= 15 is 0 Å². The number of carbonyl (C=O) groups is 1. The van der Waals surface area contributed by atoms with Gasteiger partial charge in [0.2, 0.25) is 0 Å². The van der Waals surface area contributed by atoms with Gasteiger partial charge in [-0.25, -0.2) is 4.79 Å². The van der Waals surface area contributed by atoms with E-state index in [9.17, 15) is 4.79 Å². The number of amides is 2. The molecule has 4 rings (SSSR count). The van der Waals surface area contributed by atoms with E-state index in [1.807, 2.05) is 42.6 Å². The molecule has 122 valence electrons. The van der Waals surface area contributed by atoms with Gasteiger partial charge in [0.1, 0.15) is 0 Å². The van der Waals surface area contributed by atoms with Gasteiger partial charge in [-0.3, -0.25) is 0 Å². The van der Waals surface area contributed by atoms with Crippen LogP contribution in [0.3, 0.4) is 0 Å². The quantitative estimate of drug-likeness (QED) is 0.762. The number of nitrogens with zero attached hydrogens (tertiary/aromatic N) is 2. The van der Waals surface area contributed by atoms with Gasteiger partial charge in [-0.15, -0.1) is 0 Å². The lowest BCUT2D eigenvalue weighted by Gasteiger charge is -2.41. The fraction of sp³-hybridized carbons (Fsp3) is 0.211. The Bertz CT molecular complexity index is 858. The average Bonchev–Trinajstić information content (AvgIpc) is 3.06. The standard InChI is InChI=1S/C19H20N4O/c20-19(24)23-11-10-22(14-6-2-1-3-7-14)13-18(23)16-12-21-17-9-5-4-8-15(16)17/h1-9,12,18,21H,10-11,13H2,(H2,20,24). The second-order valence-corrected chi connectivity index (χ2v) is 6.12. The Morgan fingerprint density at radius 3 is 2.58 bits per heavy atom. The van der Waals surface area contributed by atoms with E-state index in [0.717, 1.165) is 29.6 Å². The van der Waals surface area contributed by atoms with Crippen LogP contribution >= 0.6 is 0 Å².